The molecule has 1 aliphatic carbocycles. The van der Waals surface area contributed by atoms with Crippen LogP contribution in [0, 0.1) is 5.92 Å². The van der Waals surface area contributed by atoms with Gasteiger partial charge in [-0.1, -0.05) is 37.6 Å². The summed E-state index contributed by atoms with van der Waals surface area (Å²) in [6, 6.07) is 9.05. The Morgan fingerprint density at radius 1 is 1.30 bits per heavy atom. The molecule has 0 spiro atoms. The summed E-state index contributed by atoms with van der Waals surface area (Å²) in [6.07, 6.45) is 4.18. The number of hydrogen-bond acceptors (Lipinski definition) is 3. The van der Waals surface area contributed by atoms with Gasteiger partial charge in [-0.25, -0.2) is 0 Å². The van der Waals surface area contributed by atoms with Gasteiger partial charge in [0.1, 0.15) is 0 Å². The molecule has 1 aromatic rings. The predicted octanol–water partition coefficient (Wildman–Crippen LogP) is 2.95. The molecule has 20 heavy (non-hydrogen) atoms. The minimum Gasteiger partial charge on any atom is -0.380 e. The monoisotopic (exact) mass is 276 g/mol. The van der Waals surface area contributed by atoms with Crippen molar-refractivity contribution in [3.8, 4) is 0 Å². The van der Waals surface area contributed by atoms with E-state index in [4.69, 9.17) is 10.5 Å². The van der Waals surface area contributed by atoms with Crippen molar-refractivity contribution in [3.05, 3.63) is 35.4 Å². The van der Waals surface area contributed by atoms with Crippen LogP contribution in [0.2, 0.25) is 0 Å². The smallest absolute Gasteiger partial charge is 0.0713 e. The number of methoxy groups -OCH3 is 1. The number of nitrogens with zero attached hydrogens (tertiary/aromatic N) is 1. The normalized spacial score (nSPS) is 17.2. The van der Waals surface area contributed by atoms with E-state index in [1.54, 1.807) is 7.11 Å². The molecule has 1 atom stereocenters. The molecular weight excluding hydrogens is 248 g/mol. The van der Waals surface area contributed by atoms with Crippen LogP contribution < -0.4 is 5.73 Å². The molecule has 0 aliphatic heterocycles. The predicted molar refractivity (Wildman–Crippen MR) is 83.5 cm³/mol. The van der Waals surface area contributed by atoms with Gasteiger partial charge in [-0.3, -0.25) is 4.90 Å². The second-order valence-electron chi connectivity index (χ2n) is 5.81. The van der Waals surface area contributed by atoms with Crippen molar-refractivity contribution >= 4 is 0 Å². The third-order valence-electron chi connectivity index (χ3n) is 4.46. The van der Waals surface area contributed by atoms with E-state index in [1.807, 2.05) is 0 Å². The van der Waals surface area contributed by atoms with Crippen molar-refractivity contribution in [2.24, 2.45) is 11.7 Å². The van der Waals surface area contributed by atoms with Gasteiger partial charge in [-0.15, -0.1) is 0 Å². The molecule has 1 aromatic carbocycles. The standard InChI is InChI=1S/C17H28N2O/c1-3-19(12-14-5-4-6-14)17(11-18)16-9-7-15(8-10-16)13-20-2/h7-10,14,17H,3-6,11-13,18H2,1-2H3. The summed E-state index contributed by atoms with van der Waals surface area (Å²) in [5.74, 6) is 0.886. The highest BCUT2D eigenvalue weighted by Gasteiger charge is 2.24. The van der Waals surface area contributed by atoms with Gasteiger partial charge >= 0.3 is 0 Å². The zero-order chi connectivity index (χ0) is 14.4. The third-order valence-corrected chi connectivity index (χ3v) is 4.46. The molecule has 1 fully saturated rings. The van der Waals surface area contributed by atoms with Crippen molar-refractivity contribution in [2.75, 3.05) is 26.7 Å². The summed E-state index contributed by atoms with van der Waals surface area (Å²) in [5.41, 5.74) is 8.59. The SMILES string of the molecule is CCN(CC1CCC1)C(CN)c1ccc(COC)cc1. The lowest BCUT2D eigenvalue weighted by molar-refractivity contribution is 0.141. The Hall–Kier alpha value is -0.900. The van der Waals surface area contributed by atoms with E-state index < -0.39 is 0 Å². The Morgan fingerprint density at radius 3 is 2.45 bits per heavy atom. The van der Waals surface area contributed by atoms with Crippen molar-refractivity contribution < 1.29 is 4.74 Å². The van der Waals surface area contributed by atoms with Gasteiger partial charge in [-0.2, -0.15) is 0 Å². The molecule has 0 heterocycles. The van der Waals surface area contributed by atoms with Gasteiger partial charge in [-0.05, 0) is 36.4 Å². The molecule has 0 aromatic heterocycles. The largest absolute Gasteiger partial charge is 0.380 e. The summed E-state index contributed by atoms with van der Waals surface area (Å²) in [7, 11) is 1.73. The lowest BCUT2D eigenvalue weighted by atomic mass is 9.84. The van der Waals surface area contributed by atoms with E-state index in [2.05, 4.69) is 36.1 Å². The maximum atomic E-state index is 6.05. The van der Waals surface area contributed by atoms with Gasteiger partial charge < -0.3 is 10.5 Å². The van der Waals surface area contributed by atoms with E-state index in [0.717, 1.165) is 12.5 Å². The van der Waals surface area contributed by atoms with Crippen LogP contribution in [-0.4, -0.2) is 31.6 Å². The highest BCUT2D eigenvalue weighted by molar-refractivity contribution is 5.25. The molecule has 0 bridgehead atoms. The highest BCUT2D eigenvalue weighted by Crippen LogP contribution is 2.30. The molecule has 1 unspecified atom stereocenters. The fourth-order valence-electron chi connectivity index (χ4n) is 2.98. The first-order valence-electron chi connectivity index (χ1n) is 7.80. The van der Waals surface area contributed by atoms with E-state index >= 15 is 0 Å². The Bertz CT molecular complexity index is 386. The van der Waals surface area contributed by atoms with Gasteiger partial charge in [0.05, 0.1) is 6.61 Å². The second-order valence-corrected chi connectivity index (χ2v) is 5.81. The van der Waals surface area contributed by atoms with Crippen LogP contribution in [0.15, 0.2) is 24.3 Å². The first-order chi connectivity index (χ1) is 9.78. The number of rotatable bonds is 8. The fraction of sp³-hybridized carbons (Fsp3) is 0.647. The van der Waals surface area contributed by atoms with Crippen LogP contribution in [0.25, 0.3) is 0 Å². The molecule has 0 radical (unpaired) electrons. The Kier molecular flexibility index (Phi) is 6.02. The maximum absolute atomic E-state index is 6.05. The summed E-state index contributed by atoms with van der Waals surface area (Å²) < 4.78 is 5.16. The van der Waals surface area contributed by atoms with Gasteiger partial charge in [0, 0.05) is 26.2 Å². The van der Waals surface area contributed by atoms with Crippen LogP contribution in [0.1, 0.15) is 43.4 Å². The van der Waals surface area contributed by atoms with Gasteiger partial charge in [0.15, 0.2) is 0 Å². The molecular formula is C17H28N2O. The van der Waals surface area contributed by atoms with Crippen molar-refractivity contribution in [1.29, 1.82) is 0 Å². The van der Waals surface area contributed by atoms with E-state index in [0.29, 0.717) is 19.2 Å². The van der Waals surface area contributed by atoms with Crippen molar-refractivity contribution in [2.45, 2.75) is 38.8 Å². The fourth-order valence-corrected chi connectivity index (χ4v) is 2.98. The second kappa shape index (κ2) is 7.77. The number of nitrogens with two attached hydrogens (primary N) is 1. The van der Waals surface area contributed by atoms with Gasteiger partial charge in [0.25, 0.3) is 0 Å². The van der Waals surface area contributed by atoms with Crippen LogP contribution in [0.5, 0.6) is 0 Å². The first-order valence-corrected chi connectivity index (χ1v) is 7.80. The van der Waals surface area contributed by atoms with Crippen molar-refractivity contribution in [3.63, 3.8) is 0 Å². The topological polar surface area (TPSA) is 38.5 Å². The third kappa shape index (κ3) is 3.81. The molecule has 3 heteroatoms. The van der Waals surface area contributed by atoms with Crippen LogP contribution in [-0.2, 0) is 11.3 Å². The first kappa shape index (κ1) is 15.5. The maximum Gasteiger partial charge on any atom is 0.0713 e. The van der Waals surface area contributed by atoms with E-state index in [9.17, 15) is 0 Å². The summed E-state index contributed by atoms with van der Waals surface area (Å²) in [6.45, 7) is 5.86. The molecule has 0 amide bonds. The number of hydrogen-bond donors (Lipinski definition) is 1. The minimum atomic E-state index is 0.345. The summed E-state index contributed by atoms with van der Waals surface area (Å²) >= 11 is 0. The highest BCUT2D eigenvalue weighted by atomic mass is 16.5. The molecule has 1 saturated carbocycles. The summed E-state index contributed by atoms with van der Waals surface area (Å²) in [4.78, 5) is 2.54. The quantitative estimate of drug-likeness (QED) is 0.793. The lowest BCUT2D eigenvalue weighted by Gasteiger charge is -2.36. The van der Waals surface area contributed by atoms with E-state index in [-0.39, 0.29) is 0 Å². The number of benzene rings is 1. The molecule has 1 aliphatic rings. The van der Waals surface area contributed by atoms with Crippen LogP contribution in [0.4, 0.5) is 0 Å². The molecule has 3 nitrogen and oxygen atoms in total. The molecule has 2 N–H and O–H groups in total. The Labute approximate surface area is 123 Å². The van der Waals surface area contributed by atoms with Crippen LogP contribution >= 0.6 is 0 Å². The lowest BCUT2D eigenvalue weighted by Crippen LogP contribution is -2.38. The number of likely N-dealkylation sites (N-methyl/N-ethyl adjacent to an activating group) is 1. The summed E-state index contributed by atoms with van der Waals surface area (Å²) in [5, 5.41) is 0. The van der Waals surface area contributed by atoms with Crippen molar-refractivity contribution in [1.82, 2.24) is 4.90 Å². The Morgan fingerprint density at radius 2 is 2.00 bits per heavy atom. The molecule has 0 saturated heterocycles. The van der Waals surface area contributed by atoms with E-state index in [1.165, 1.54) is 36.9 Å². The zero-order valence-corrected chi connectivity index (χ0v) is 12.8. The van der Waals surface area contributed by atoms with Gasteiger partial charge in [0.2, 0.25) is 0 Å². The minimum absolute atomic E-state index is 0.345. The Balaban J connectivity index is 2.04. The zero-order valence-electron chi connectivity index (χ0n) is 12.8. The molecule has 112 valence electrons. The average molecular weight is 276 g/mol. The average Bonchev–Trinajstić information content (AvgIpc) is 2.43. The van der Waals surface area contributed by atoms with Crippen LogP contribution in [0.3, 0.4) is 0 Å². The molecule has 2 rings (SSSR count). The number of ether oxygens (including phenoxy) is 1.